The molecule has 0 saturated heterocycles. The Morgan fingerprint density at radius 1 is 0.967 bits per heavy atom. The van der Waals surface area contributed by atoms with E-state index in [1.807, 2.05) is 56.3 Å². The van der Waals surface area contributed by atoms with Crippen molar-refractivity contribution in [3.05, 3.63) is 70.8 Å². The summed E-state index contributed by atoms with van der Waals surface area (Å²) in [5, 5.41) is 2.76. The van der Waals surface area contributed by atoms with Crippen molar-refractivity contribution in [1.29, 1.82) is 0 Å². The van der Waals surface area contributed by atoms with E-state index in [0.29, 0.717) is 5.56 Å². The van der Waals surface area contributed by atoms with E-state index in [-0.39, 0.29) is 24.0 Å². The van der Waals surface area contributed by atoms with Crippen molar-refractivity contribution in [2.75, 3.05) is 0 Å². The van der Waals surface area contributed by atoms with E-state index in [1.165, 1.54) is 11.1 Å². The molecule has 0 saturated carbocycles. The van der Waals surface area contributed by atoms with Crippen LogP contribution in [0.25, 0.3) is 0 Å². The first-order valence-electron chi connectivity index (χ1n) is 10.5. The topological polar surface area (TPSA) is 72.5 Å². The van der Waals surface area contributed by atoms with Crippen molar-refractivity contribution in [3.8, 4) is 0 Å². The Morgan fingerprint density at radius 2 is 1.67 bits per heavy atom. The highest BCUT2D eigenvalue weighted by Gasteiger charge is 2.29. The van der Waals surface area contributed by atoms with Crippen molar-refractivity contribution in [3.63, 3.8) is 0 Å². The van der Waals surface area contributed by atoms with E-state index in [0.717, 1.165) is 24.8 Å². The number of ether oxygens (including phenoxy) is 1. The molecular weight excluding hydrogens is 378 g/mol. The van der Waals surface area contributed by atoms with Gasteiger partial charge in [-0.15, -0.1) is 0 Å². The van der Waals surface area contributed by atoms with E-state index in [4.69, 9.17) is 4.74 Å². The van der Waals surface area contributed by atoms with Crippen LogP contribution in [0.5, 0.6) is 0 Å². The number of Topliss-reactive ketones (excluding diaryl/α,β-unsaturated/α-hetero) is 1. The van der Waals surface area contributed by atoms with Gasteiger partial charge in [-0.05, 0) is 54.9 Å². The van der Waals surface area contributed by atoms with Gasteiger partial charge in [0.2, 0.25) is 11.7 Å². The first-order valence-corrected chi connectivity index (χ1v) is 10.5. The second-order valence-corrected chi connectivity index (χ2v) is 8.23. The lowest BCUT2D eigenvalue weighted by Crippen LogP contribution is -2.47. The Labute approximate surface area is 177 Å². The summed E-state index contributed by atoms with van der Waals surface area (Å²) in [6, 6.07) is 14.2. The Kier molecular flexibility index (Phi) is 7.03. The van der Waals surface area contributed by atoms with Gasteiger partial charge in [0, 0.05) is 5.56 Å². The van der Waals surface area contributed by atoms with E-state index < -0.39 is 18.1 Å². The van der Waals surface area contributed by atoms with Crippen LogP contribution in [0.2, 0.25) is 0 Å². The van der Waals surface area contributed by atoms with Crippen LogP contribution in [0, 0.1) is 5.92 Å². The second kappa shape index (κ2) is 9.70. The molecule has 1 aliphatic rings. The molecule has 1 amide bonds. The van der Waals surface area contributed by atoms with Crippen LogP contribution in [0.1, 0.15) is 54.2 Å². The number of carbonyl (C=O) groups excluding carboxylic acids is 3. The molecule has 0 aliphatic heterocycles. The highest BCUT2D eigenvalue weighted by molar-refractivity contribution is 6.00. The van der Waals surface area contributed by atoms with Gasteiger partial charge in [-0.3, -0.25) is 9.59 Å². The minimum absolute atomic E-state index is 0.167. The second-order valence-electron chi connectivity index (χ2n) is 8.23. The van der Waals surface area contributed by atoms with E-state index >= 15 is 0 Å². The molecule has 5 heteroatoms. The maximum absolute atomic E-state index is 12.8. The van der Waals surface area contributed by atoms with E-state index in [9.17, 15) is 14.4 Å². The summed E-state index contributed by atoms with van der Waals surface area (Å²) in [7, 11) is 0. The molecule has 0 radical (unpaired) electrons. The fraction of sp³-hybridized carbons (Fsp3) is 0.400. The number of hydrogen-bond acceptors (Lipinski definition) is 4. The highest BCUT2D eigenvalue weighted by atomic mass is 16.5. The molecule has 1 aliphatic carbocycles. The number of nitrogens with one attached hydrogen (secondary N) is 1. The fourth-order valence-electron chi connectivity index (χ4n) is 3.76. The van der Waals surface area contributed by atoms with Crippen molar-refractivity contribution >= 4 is 17.7 Å². The van der Waals surface area contributed by atoms with Gasteiger partial charge < -0.3 is 10.1 Å². The number of rotatable bonds is 8. The number of fused-ring (bicyclic) bond motifs is 1. The lowest BCUT2D eigenvalue weighted by atomic mass is 10.0. The monoisotopic (exact) mass is 407 g/mol. The number of aryl methyl sites for hydroxylation is 2. The molecule has 0 unspecified atom stereocenters. The summed E-state index contributed by atoms with van der Waals surface area (Å²) in [5.41, 5.74) is 3.92. The van der Waals surface area contributed by atoms with Crippen LogP contribution in [-0.4, -0.2) is 29.8 Å². The molecule has 0 fully saturated rings. The standard InChI is InChI=1S/C25H29NO4/c1-16(2)23(26-22(27)14-18-8-5-4-6-9-18)25(29)30-17(3)24(28)21-13-12-19-10-7-11-20(19)15-21/h4-6,8-9,12-13,15-17,23H,7,10-11,14H2,1-3H3,(H,26,27)/t17-,23+/m1/s1. The Balaban J connectivity index is 1.61. The smallest absolute Gasteiger partial charge is 0.329 e. The summed E-state index contributed by atoms with van der Waals surface area (Å²) in [5.74, 6) is -1.24. The molecule has 158 valence electrons. The van der Waals surface area contributed by atoms with Crippen LogP contribution in [0.4, 0.5) is 0 Å². The third kappa shape index (κ3) is 5.35. The van der Waals surface area contributed by atoms with Crippen LogP contribution >= 0.6 is 0 Å². The highest BCUT2D eigenvalue weighted by Crippen LogP contribution is 2.23. The molecular formula is C25H29NO4. The minimum atomic E-state index is -0.913. The molecule has 0 heterocycles. The maximum atomic E-state index is 12.8. The molecule has 2 aromatic rings. The Morgan fingerprint density at radius 3 is 2.37 bits per heavy atom. The molecule has 2 aromatic carbocycles. The lowest BCUT2D eigenvalue weighted by molar-refractivity contribution is -0.151. The number of hydrogen-bond donors (Lipinski definition) is 1. The molecule has 2 atom stereocenters. The molecule has 0 bridgehead atoms. The summed E-state index contributed by atoms with van der Waals surface area (Å²) in [6.45, 7) is 5.25. The van der Waals surface area contributed by atoms with Crippen LogP contribution < -0.4 is 5.32 Å². The van der Waals surface area contributed by atoms with Crippen molar-refractivity contribution in [2.45, 2.75) is 58.6 Å². The summed E-state index contributed by atoms with van der Waals surface area (Å²) in [6.07, 6.45) is 2.40. The van der Waals surface area contributed by atoms with Crippen LogP contribution in [0.15, 0.2) is 48.5 Å². The zero-order chi connectivity index (χ0) is 21.7. The third-order valence-electron chi connectivity index (χ3n) is 5.49. The summed E-state index contributed by atoms with van der Waals surface area (Å²) >= 11 is 0. The SMILES string of the molecule is CC(C)[C@H](NC(=O)Cc1ccccc1)C(=O)O[C@H](C)C(=O)c1ccc2c(c1)CCC2. The molecule has 1 N–H and O–H groups in total. The van der Waals surface area contributed by atoms with Crippen molar-refractivity contribution in [2.24, 2.45) is 5.92 Å². The van der Waals surface area contributed by atoms with Gasteiger partial charge in [-0.1, -0.05) is 56.3 Å². The van der Waals surface area contributed by atoms with Crippen molar-refractivity contribution in [1.82, 2.24) is 5.32 Å². The number of amides is 1. The first kappa shape index (κ1) is 21.8. The number of ketones is 1. The van der Waals surface area contributed by atoms with Crippen LogP contribution in [-0.2, 0) is 33.6 Å². The van der Waals surface area contributed by atoms with Crippen molar-refractivity contribution < 1.29 is 19.1 Å². The first-order chi connectivity index (χ1) is 14.3. The predicted octanol–water partition coefficient (Wildman–Crippen LogP) is 3.67. The van der Waals surface area contributed by atoms with Gasteiger partial charge in [0.05, 0.1) is 6.42 Å². The van der Waals surface area contributed by atoms with E-state index in [1.54, 1.807) is 13.0 Å². The number of carbonyl (C=O) groups is 3. The molecule has 30 heavy (non-hydrogen) atoms. The Hall–Kier alpha value is -2.95. The van der Waals surface area contributed by atoms with Gasteiger partial charge in [0.25, 0.3) is 0 Å². The van der Waals surface area contributed by atoms with Gasteiger partial charge in [0.1, 0.15) is 6.04 Å². The molecule has 5 nitrogen and oxygen atoms in total. The largest absolute Gasteiger partial charge is 0.453 e. The zero-order valence-corrected chi connectivity index (χ0v) is 17.8. The van der Waals surface area contributed by atoms with Crippen LogP contribution in [0.3, 0.4) is 0 Å². The van der Waals surface area contributed by atoms with Gasteiger partial charge in [-0.25, -0.2) is 4.79 Å². The normalized spacial score (nSPS) is 14.7. The van der Waals surface area contributed by atoms with E-state index in [2.05, 4.69) is 5.32 Å². The zero-order valence-electron chi connectivity index (χ0n) is 17.8. The Bertz CT molecular complexity index is 920. The minimum Gasteiger partial charge on any atom is -0.453 e. The maximum Gasteiger partial charge on any atom is 0.329 e. The number of esters is 1. The number of benzene rings is 2. The quantitative estimate of drug-likeness (QED) is 0.535. The average molecular weight is 408 g/mol. The van der Waals surface area contributed by atoms with Gasteiger partial charge >= 0.3 is 5.97 Å². The predicted molar refractivity (Wildman–Crippen MR) is 115 cm³/mol. The lowest BCUT2D eigenvalue weighted by Gasteiger charge is -2.23. The molecule has 0 spiro atoms. The molecule has 3 rings (SSSR count). The molecule has 0 aromatic heterocycles. The third-order valence-corrected chi connectivity index (χ3v) is 5.49. The fourth-order valence-corrected chi connectivity index (χ4v) is 3.76. The van der Waals surface area contributed by atoms with Gasteiger partial charge in [-0.2, -0.15) is 0 Å². The summed E-state index contributed by atoms with van der Waals surface area (Å²) < 4.78 is 5.46. The van der Waals surface area contributed by atoms with Gasteiger partial charge in [0.15, 0.2) is 6.10 Å². The summed E-state index contributed by atoms with van der Waals surface area (Å²) in [4.78, 5) is 37.9. The average Bonchev–Trinajstić information content (AvgIpc) is 3.19.